The van der Waals surface area contributed by atoms with Gasteiger partial charge in [-0.05, 0) is 31.2 Å². The molecule has 2 rings (SSSR count). The number of para-hydroxylation sites is 2. The second kappa shape index (κ2) is 9.83. The molecular formula is C17H16F3N3O4S. The first-order valence-corrected chi connectivity index (χ1v) is 8.76. The quantitative estimate of drug-likeness (QED) is 0.534. The second-order valence-corrected chi connectivity index (χ2v) is 6.13. The summed E-state index contributed by atoms with van der Waals surface area (Å²) in [6.45, 7) is 1.76. The van der Waals surface area contributed by atoms with Crippen LogP contribution in [0.15, 0.2) is 47.6 Å². The highest BCUT2D eigenvalue weighted by Gasteiger charge is 2.32. The van der Waals surface area contributed by atoms with Gasteiger partial charge in [-0.15, -0.1) is 0 Å². The predicted octanol–water partition coefficient (Wildman–Crippen LogP) is 2.93. The Morgan fingerprint density at radius 1 is 1.07 bits per heavy atom. The summed E-state index contributed by atoms with van der Waals surface area (Å²) in [6.07, 6.45) is 1.13. The van der Waals surface area contributed by atoms with Crippen molar-refractivity contribution in [2.45, 2.75) is 17.5 Å². The zero-order valence-electron chi connectivity index (χ0n) is 14.6. The van der Waals surface area contributed by atoms with E-state index in [0.717, 1.165) is 12.3 Å². The van der Waals surface area contributed by atoms with Crippen LogP contribution in [0.3, 0.4) is 0 Å². The number of amides is 2. The number of carbonyl (C=O) groups is 2. The summed E-state index contributed by atoms with van der Waals surface area (Å²) in [5.74, 6) is -0.871. The summed E-state index contributed by atoms with van der Waals surface area (Å²) in [7, 11) is 0. The van der Waals surface area contributed by atoms with Crippen LogP contribution in [0.4, 0.5) is 13.2 Å². The maximum absolute atomic E-state index is 12.5. The lowest BCUT2D eigenvalue weighted by molar-refractivity contribution is -0.123. The van der Waals surface area contributed by atoms with E-state index in [9.17, 15) is 22.8 Å². The lowest BCUT2D eigenvalue weighted by Gasteiger charge is -2.13. The van der Waals surface area contributed by atoms with E-state index in [4.69, 9.17) is 9.47 Å². The number of carbonyl (C=O) groups excluding carboxylic acids is 2. The molecule has 0 spiro atoms. The maximum Gasteiger partial charge on any atom is 0.447 e. The number of nitrogens with one attached hydrogen (secondary N) is 2. The van der Waals surface area contributed by atoms with E-state index in [0.29, 0.717) is 18.1 Å². The van der Waals surface area contributed by atoms with Gasteiger partial charge in [0, 0.05) is 18.0 Å². The van der Waals surface area contributed by atoms with Crippen LogP contribution in [0.25, 0.3) is 0 Å². The third-order valence-electron chi connectivity index (χ3n) is 3.05. The molecule has 150 valence electrons. The Labute approximate surface area is 162 Å². The van der Waals surface area contributed by atoms with E-state index in [-0.39, 0.29) is 5.56 Å². The van der Waals surface area contributed by atoms with Gasteiger partial charge in [-0.1, -0.05) is 12.1 Å². The molecule has 1 aromatic carbocycles. The highest BCUT2D eigenvalue weighted by molar-refractivity contribution is 8.00. The van der Waals surface area contributed by atoms with E-state index >= 15 is 0 Å². The molecule has 1 heterocycles. The van der Waals surface area contributed by atoms with Crippen molar-refractivity contribution in [2.75, 3.05) is 13.2 Å². The zero-order valence-corrected chi connectivity index (χ0v) is 15.4. The van der Waals surface area contributed by atoms with E-state index in [1.807, 2.05) is 5.43 Å². The van der Waals surface area contributed by atoms with Crippen molar-refractivity contribution in [3.8, 4) is 11.5 Å². The first-order valence-electron chi connectivity index (χ1n) is 7.94. The predicted molar refractivity (Wildman–Crippen MR) is 94.9 cm³/mol. The molecule has 0 radical (unpaired) electrons. The van der Waals surface area contributed by atoms with Gasteiger partial charge in [0.05, 0.1) is 12.2 Å². The van der Waals surface area contributed by atoms with Gasteiger partial charge in [0.25, 0.3) is 11.8 Å². The number of ether oxygens (including phenoxy) is 2. The molecule has 0 saturated carbocycles. The second-order valence-electron chi connectivity index (χ2n) is 5.07. The molecule has 28 heavy (non-hydrogen) atoms. The molecule has 2 amide bonds. The van der Waals surface area contributed by atoms with Gasteiger partial charge in [-0.25, -0.2) is 4.98 Å². The Morgan fingerprint density at radius 2 is 1.75 bits per heavy atom. The summed E-state index contributed by atoms with van der Waals surface area (Å²) in [6, 6.07) is 9.18. The van der Waals surface area contributed by atoms with Crippen molar-refractivity contribution in [1.29, 1.82) is 0 Å². The monoisotopic (exact) mass is 415 g/mol. The van der Waals surface area contributed by atoms with Gasteiger partial charge in [0.15, 0.2) is 18.1 Å². The summed E-state index contributed by atoms with van der Waals surface area (Å²) in [5.41, 5.74) is -0.828. The minimum absolute atomic E-state index is 0.326. The normalized spacial score (nSPS) is 10.9. The SMILES string of the molecule is CCOc1ccccc1OCC(=O)NNC(=O)c1cccnc1SC(F)(F)F. The first kappa shape index (κ1) is 21.4. The van der Waals surface area contributed by atoms with E-state index in [2.05, 4.69) is 10.4 Å². The Balaban J connectivity index is 1.91. The van der Waals surface area contributed by atoms with Crippen molar-refractivity contribution in [2.24, 2.45) is 0 Å². The molecule has 0 fully saturated rings. The molecule has 2 aromatic rings. The Bertz CT molecular complexity index is 833. The molecule has 0 aliphatic carbocycles. The third kappa shape index (κ3) is 6.65. The van der Waals surface area contributed by atoms with E-state index in [1.165, 1.54) is 6.07 Å². The van der Waals surface area contributed by atoms with Crippen molar-refractivity contribution in [3.05, 3.63) is 48.2 Å². The van der Waals surface area contributed by atoms with E-state index < -0.39 is 40.7 Å². The zero-order chi connectivity index (χ0) is 20.6. The number of thioether (sulfide) groups is 1. The van der Waals surface area contributed by atoms with Crippen LogP contribution < -0.4 is 20.3 Å². The number of hydrogen-bond donors (Lipinski definition) is 2. The number of rotatable bonds is 7. The lowest BCUT2D eigenvalue weighted by atomic mass is 10.3. The van der Waals surface area contributed by atoms with Gasteiger partial charge in [0.1, 0.15) is 5.03 Å². The third-order valence-corrected chi connectivity index (χ3v) is 3.80. The molecule has 0 unspecified atom stereocenters. The number of hydrogen-bond acceptors (Lipinski definition) is 6. The highest BCUT2D eigenvalue weighted by atomic mass is 32.2. The number of halogens is 3. The Morgan fingerprint density at radius 3 is 2.39 bits per heavy atom. The molecule has 0 aliphatic heterocycles. The summed E-state index contributed by atoms with van der Waals surface area (Å²) in [5, 5.41) is -0.524. The van der Waals surface area contributed by atoms with E-state index in [1.54, 1.807) is 31.2 Å². The molecule has 2 N–H and O–H groups in total. The number of pyridine rings is 1. The van der Waals surface area contributed by atoms with Crippen LogP contribution in [-0.2, 0) is 4.79 Å². The first-order chi connectivity index (χ1) is 13.3. The fraction of sp³-hybridized carbons (Fsp3) is 0.235. The smallest absolute Gasteiger partial charge is 0.447 e. The summed E-state index contributed by atoms with van der Waals surface area (Å²) in [4.78, 5) is 27.5. The molecule has 0 bridgehead atoms. The van der Waals surface area contributed by atoms with Gasteiger partial charge < -0.3 is 9.47 Å². The van der Waals surface area contributed by atoms with Crippen molar-refractivity contribution < 1.29 is 32.2 Å². The molecule has 0 aliphatic rings. The summed E-state index contributed by atoms with van der Waals surface area (Å²) >= 11 is -0.520. The Kier molecular flexibility index (Phi) is 7.50. The fourth-order valence-corrected chi connectivity index (χ4v) is 2.58. The molecule has 1 aromatic heterocycles. The fourth-order valence-electron chi connectivity index (χ4n) is 1.97. The largest absolute Gasteiger partial charge is 0.490 e. The number of alkyl halides is 3. The molecule has 0 saturated heterocycles. The van der Waals surface area contributed by atoms with Crippen LogP contribution >= 0.6 is 11.8 Å². The van der Waals surface area contributed by atoms with Gasteiger partial charge in [-0.2, -0.15) is 13.2 Å². The Hall–Kier alpha value is -2.95. The van der Waals surface area contributed by atoms with Crippen molar-refractivity contribution in [1.82, 2.24) is 15.8 Å². The molecule has 0 atom stereocenters. The topological polar surface area (TPSA) is 89.5 Å². The lowest BCUT2D eigenvalue weighted by Crippen LogP contribution is -2.44. The number of aromatic nitrogens is 1. The van der Waals surface area contributed by atoms with Crippen molar-refractivity contribution >= 4 is 23.6 Å². The van der Waals surface area contributed by atoms with Crippen LogP contribution in [0.5, 0.6) is 11.5 Å². The molecule has 11 heteroatoms. The molecule has 7 nitrogen and oxygen atoms in total. The maximum atomic E-state index is 12.5. The van der Waals surface area contributed by atoms with Crippen LogP contribution in [0, 0.1) is 0 Å². The minimum Gasteiger partial charge on any atom is -0.490 e. The summed E-state index contributed by atoms with van der Waals surface area (Å²) < 4.78 is 48.3. The standard InChI is InChI=1S/C17H16F3N3O4S/c1-2-26-12-7-3-4-8-13(12)27-10-14(24)22-23-15(25)11-6-5-9-21-16(11)28-17(18,19)20/h3-9H,2,10H2,1H3,(H,22,24)(H,23,25). The van der Waals surface area contributed by atoms with Gasteiger partial charge in [0.2, 0.25) is 0 Å². The average molecular weight is 415 g/mol. The number of benzene rings is 1. The van der Waals surface area contributed by atoms with Gasteiger partial charge >= 0.3 is 5.51 Å². The number of hydrazine groups is 1. The molecular weight excluding hydrogens is 399 g/mol. The van der Waals surface area contributed by atoms with Crippen molar-refractivity contribution in [3.63, 3.8) is 0 Å². The van der Waals surface area contributed by atoms with Gasteiger partial charge in [-0.3, -0.25) is 20.4 Å². The number of nitrogens with zero attached hydrogens (tertiary/aromatic N) is 1. The van der Waals surface area contributed by atoms with Crippen LogP contribution in [-0.4, -0.2) is 35.5 Å². The van der Waals surface area contributed by atoms with Crippen LogP contribution in [0.2, 0.25) is 0 Å². The van der Waals surface area contributed by atoms with Crippen LogP contribution in [0.1, 0.15) is 17.3 Å². The minimum atomic E-state index is -4.60. The highest BCUT2D eigenvalue weighted by Crippen LogP contribution is 2.37. The average Bonchev–Trinajstić information content (AvgIpc) is 2.65.